The number of methoxy groups -OCH3 is 1. The summed E-state index contributed by atoms with van der Waals surface area (Å²) in [5, 5.41) is 2.07. The highest BCUT2D eigenvalue weighted by Gasteiger charge is 2.34. The number of carbonyl (C=O) groups excluding carboxylic acids is 2. The molecule has 0 N–H and O–H groups in total. The molecule has 1 saturated heterocycles. The zero-order valence-electron chi connectivity index (χ0n) is 19.3. The van der Waals surface area contributed by atoms with Crippen LogP contribution in [0, 0.1) is 0 Å². The predicted molar refractivity (Wildman–Crippen MR) is 127 cm³/mol. The quantitative estimate of drug-likeness (QED) is 0.557. The molecule has 8 heteroatoms. The van der Waals surface area contributed by atoms with E-state index in [9.17, 15) is 9.59 Å². The Hall–Kier alpha value is -2.58. The Balaban J connectivity index is 1.48. The zero-order valence-corrected chi connectivity index (χ0v) is 20.1. The van der Waals surface area contributed by atoms with E-state index in [2.05, 4.69) is 11.4 Å². The molecule has 2 amide bonds. The van der Waals surface area contributed by atoms with Crippen molar-refractivity contribution >= 4 is 23.2 Å². The maximum absolute atomic E-state index is 13.5. The van der Waals surface area contributed by atoms with Gasteiger partial charge in [0.1, 0.15) is 18.1 Å². The third-order valence-corrected chi connectivity index (χ3v) is 7.29. The molecule has 7 nitrogen and oxygen atoms in total. The molecule has 178 valence electrons. The van der Waals surface area contributed by atoms with Gasteiger partial charge in [0.2, 0.25) is 11.8 Å². The second-order valence-electron chi connectivity index (χ2n) is 8.40. The average molecular weight is 473 g/mol. The van der Waals surface area contributed by atoms with Crippen LogP contribution in [0.4, 0.5) is 0 Å². The fraction of sp³-hybridized carbons (Fsp3) is 0.520. The van der Waals surface area contributed by atoms with E-state index in [0.717, 1.165) is 37.2 Å². The molecule has 4 rings (SSSR count). The van der Waals surface area contributed by atoms with Crippen molar-refractivity contribution in [1.29, 1.82) is 0 Å². The molecule has 0 saturated carbocycles. The minimum Gasteiger partial charge on any atom is -0.497 e. The van der Waals surface area contributed by atoms with E-state index in [1.165, 1.54) is 4.88 Å². The second-order valence-corrected chi connectivity index (χ2v) is 9.41. The Morgan fingerprint density at radius 3 is 2.88 bits per heavy atom. The Bertz CT molecular complexity index is 956. The van der Waals surface area contributed by atoms with Gasteiger partial charge in [0, 0.05) is 37.1 Å². The van der Waals surface area contributed by atoms with Crippen LogP contribution in [0.15, 0.2) is 35.7 Å². The van der Waals surface area contributed by atoms with Gasteiger partial charge in [-0.3, -0.25) is 9.59 Å². The predicted octanol–water partition coefficient (Wildman–Crippen LogP) is 3.68. The first-order valence-electron chi connectivity index (χ1n) is 11.6. The summed E-state index contributed by atoms with van der Waals surface area (Å²) in [5.41, 5.74) is 1.13. The largest absolute Gasteiger partial charge is 0.497 e. The smallest absolute Gasteiger partial charge is 0.242 e. The molecule has 2 atom stereocenters. The SMILES string of the molecule is CCC(=O)N(CC(=O)N1CCc2sccc2C1COc1cccc(OC)c1)CC1CCCO1. The number of hydrogen-bond acceptors (Lipinski definition) is 6. The van der Waals surface area contributed by atoms with Crippen LogP contribution in [0.25, 0.3) is 0 Å². The molecular formula is C25H32N2O5S. The number of carbonyl (C=O) groups is 2. The molecule has 33 heavy (non-hydrogen) atoms. The number of nitrogens with zero attached hydrogens (tertiary/aromatic N) is 2. The highest BCUT2D eigenvalue weighted by atomic mass is 32.1. The average Bonchev–Trinajstić information content (AvgIpc) is 3.53. The van der Waals surface area contributed by atoms with Gasteiger partial charge in [-0.05, 0) is 48.4 Å². The van der Waals surface area contributed by atoms with E-state index < -0.39 is 0 Å². The molecule has 3 heterocycles. The van der Waals surface area contributed by atoms with Crippen LogP contribution in [-0.2, 0) is 20.7 Å². The van der Waals surface area contributed by atoms with Crippen LogP contribution >= 0.6 is 11.3 Å². The van der Waals surface area contributed by atoms with Crippen molar-refractivity contribution in [2.24, 2.45) is 0 Å². The molecule has 0 aliphatic carbocycles. The number of amides is 2. The summed E-state index contributed by atoms with van der Waals surface area (Å²) in [4.78, 5) is 30.9. The van der Waals surface area contributed by atoms with Gasteiger partial charge in [-0.25, -0.2) is 0 Å². The third-order valence-electron chi connectivity index (χ3n) is 6.29. The van der Waals surface area contributed by atoms with Crippen molar-refractivity contribution in [1.82, 2.24) is 9.80 Å². The highest BCUT2D eigenvalue weighted by molar-refractivity contribution is 7.10. The van der Waals surface area contributed by atoms with Gasteiger partial charge in [-0.2, -0.15) is 0 Å². The van der Waals surface area contributed by atoms with Crippen LogP contribution in [0.2, 0.25) is 0 Å². The molecule has 1 fully saturated rings. The summed E-state index contributed by atoms with van der Waals surface area (Å²) in [6.07, 6.45) is 3.15. The molecule has 1 aromatic carbocycles. The van der Waals surface area contributed by atoms with Crippen molar-refractivity contribution in [2.45, 2.75) is 44.8 Å². The van der Waals surface area contributed by atoms with Gasteiger partial charge >= 0.3 is 0 Å². The number of hydrogen-bond donors (Lipinski definition) is 0. The monoisotopic (exact) mass is 472 g/mol. The third kappa shape index (κ3) is 5.68. The molecule has 2 aliphatic rings. The van der Waals surface area contributed by atoms with E-state index in [4.69, 9.17) is 14.2 Å². The minimum atomic E-state index is -0.194. The first-order chi connectivity index (χ1) is 16.1. The van der Waals surface area contributed by atoms with E-state index >= 15 is 0 Å². The number of rotatable bonds is 9. The van der Waals surface area contributed by atoms with Crippen LogP contribution < -0.4 is 9.47 Å². The fourth-order valence-corrected chi connectivity index (χ4v) is 5.44. The van der Waals surface area contributed by atoms with Gasteiger partial charge in [-0.1, -0.05) is 13.0 Å². The van der Waals surface area contributed by atoms with Gasteiger partial charge < -0.3 is 24.0 Å². The topological polar surface area (TPSA) is 68.3 Å². The summed E-state index contributed by atoms with van der Waals surface area (Å²) in [6, 6.07) is 9.36. The summed E-state index contributed by atoms with van der Waals surface area (Å²) < 4.78 is 17.1. The van der Waals surface area contributed by atoms with Crippen LogP contribution in [0.1, 0.15) is 42.7 Å². The number of benzene rings is 1. The second kappa shape index (κ2) is 11.0. The normalized spacial score (nSPS) is 19.8. The molecule has 0 spiro atoms. The van der Waals surface area contributed by atoms with Crippen molar-refractivity contribution in [3.8, 4) is 11.5 Å². The maximum atomic E-state index is 13.5. The number of thiophene rings is 1. The van der Waals surface area contributed by atoms with Crippen molar-refractivity contribution in [2.75, 3.05) is 40.0 Å². The van der Waals surface area contributed by atoms with Crippen molar-refractivity contribution in [3.05, 3.63) is 46.2 Å². The van der Waals surface area contributed by atoms with Crippen molar-refractivity contribution in [3.63, 3.8) is 0 Å². The standard InChI is InChI=1S/C25H32N2O5S/c1-3-24(28)26(15-20-8-5-12-31-20)16-25(29)27-11-9-23-21(10-13-33-23)22(27)17-32-19-7-4-6-18(14-19)30-2/h4,6-7,10,13-14,20,22H,3,5,8-9,11-12,15-17H2,1-2H3. The minimum absolute atomic E-state index is 0.0173. The zero-order chi connectivity index (χ0) is 23.2. The summed E-state index contributed by atoms with van der Waals surface area (Å²) in [6.45, 7) is 4.06. The lowest BCUT2D eigenvalue weighted by Gasteiger charge is -2.37. The van der Waals surface area contributed by atoms with Gasteiger partial charge in [0.25, 0.3) is 0 Å². The highest BCUT2D eigenvalue weighted by Crippen LogP contribution is 2.34. The first kappa shape index (κ1) is 23.6. The van der Waals surface area contributed by atoms with Crippen LogP contribution in [0.3, 0.4) is 0 Å². The molecule has 2 aromatic rings. The first-order valence-corrected chi connectivity index (χ1v) is 12.5. The van der Waals surface area contributed by atoms with E-state index in [0.29, 0.717) is 31.9 Å². The molecule has 1 aromatic heterocycles. The Labute approximate surface area is 199 Å². The lowest BCUT2D eigenvalue weighted by Crippen LogP contribution is -2.49. The molecule has 2 aliphatic heterocycles. The van der Waals surface area contributed by atoms with Gasteiger partial charge in [0.05, 0.1) is 25.8 Å². The number of ether oxygens (including phenoxy) is 3. The molecule has 0 bridgehead atoms. The number of fused-ring (bicyclic) bond motifs is 1. The summed E-state index contributed by atoms with van der Waals surface area (Å²) in [7, 11) is 1.62. The summed E-state index contributed by atoms with van der Waals surface area (Å²) in [5.74, 6) is 1.36. The van der Waals surface area contributed by atoms with Crippen LogP contribution in [-0.4, -0.2) is 67.7 Å². The lowest BCUT2D eigenvalue weighted by atomic mass is 10.0. The van der Waals surface area contributed by atoms with E-state index in [1.807, 2.05) is 36.1 Å². The maximum Gasteiger partial charge on any atom is 0.242 e. The fourth-order valence-electron chi connectivity index (χ4n) is 4.51. The molecule has 0 radical (unpaired) electrons. The van der Waals surface area contributed by atoms with Crippen molar-refractivity contribution < 1.29 is 23.8 Å². The lowest BCUT2D eigenvalue weighted by molar-refractivity contribution is -0.143. The van der Waals surface area contributed by atoms with E-state index in [-0.39, 0.29) is 30.5 Å². The van der Waals surface area contributed by atoms with Gasteiger partial charge in [-0.15, -0.1) is 11.3 Å². The molecular weight excluding hydrogens is 440 g/mol. The Morgan fingerprint density at radius 1 is 1.27 bits per heavy atom. The van der Waals surface area contributed by atoms with Crippen LogP contribution in [0.5, 0.6) is 11.5 Å². The Morgan fingerprint density at radius 2 is 2.12 bits per heavy atom. The summed E-state index contributed by atoms with van der Waals surface area (Å²) >= 11 is 1.72. The van der Waals surface area contributed by atoms with Gasteiger partial charge in [0.15, 0.2) is 0 Å². The van der Waals surface area contributed by atoms with E-state index in [1.54, 1.807) is 23.3 Å². The molecule has 2 unspecified atom stereocenters. The Kier molecular flexibility index (Phi) is 7.88.